The van der Waals surface area contributed by atoms with E-state index in [4.69, 9.17) is 0 Å². The molecule has 8 atom stereocenters. The van der Waals surface area contributed by atoms with Gasteiger partial charge in [0.1, 0.15) is 0 Å². The van der Waals surface area contributed by atoms with Gasteiger partial charge in [0.05, 0.1) is 0 Å². The van der Waals surface area contributed by atoms with Crippen LogP contribution in [0.25, 0.3) is 0 Å². The molecule has 0 saturated heterocycles. The molecule has 0 bridgehead atoms. The lowest BCUT2D eigenvalue weighted by Gasteiger charge is -2.58. The molecule has 3 fully saturated rings. The van der Waals surface area contributed by atoms with Gasteiger partial charge in [0.2, 0.25) is 0 Å². The summed E-state index contributed by atoms with van der Waals surface area (Å²) in [5.74, 6) is 6.01. The minimum absolute atomic E-state index is 0.313. The van der Waals surface area contributed by atoms with Crippen LogP contribution in [0, 0.1) is 52.3 Å². The Labute approximate surface area is 186 Å². The molecule has 30 heavy (non-hydrogen) atoms. The van der Waals surface area contributed by atoms with Gasteiger partial charge in [-0.1, -0.05) is 59.3 Å². The number of ketones is 1. The van der Waals surface area contributed by atoms with E-state index in [-0.39, 0.29) is 0 Å². The van der Waals surface area contributed by atoms with Crippen molar-refractivity contribution in [2.75, 3.05) is 0 Å². The highest BCUT2D eigenvalue weighted by Gasteiger charge is 2.59. The fourth-order valence-electron chi connectivity index (χ4n) is 8.75. The summed E-state index contributed by atoms with van der Waals surface area (Å²) in [6.45, 7) is 14.7. The van der Waals surface area contributed by atoms with Crippen LogP contribution in [0.4, 0.5) is 0 Å². The Kier molecular flexibility index (Phi) is 6.15. The fourth-order valence-corrected chi connectivity index (χ4v) is 8.75. The molecule has 3 saturated carbocycles. The van der Waals surface area contributed by atoms with E-state index >= 15 is 0 Å². The van der Waals surface area contributed by atoms with Gasteiger partial charge in [0.25, 0.3) is 0 Å². The van der Waals surface area contributed by atoms with Crippen molar-refractivity contribution in [1.29, 1.82) is 0 Å². The van der Waals surface area contributed by atoms with Gasteiger partial charge in [0.15, 0.2) is 5.78 Å². The predicted molar refractivity (Wildman–Crippen MR) is 127 cm³/mol. The van der Waals surface area contributed by atoms with Gasteiger partial charge in [0, 0.05) is 6.42 Å². The quantitative estimate of drug-likeness (QED) is 0.419. The largest absolute Gasteiger partial charge is 0.295 e. The molecule has 0 heterocycles. The second kappa shape index (κ2) is 8.25. The van der Waals surface area contributed by atoms with Crippen LogP contribution in [-0.4, -0.2) is 5.78 Å². The lowest BCUT2D eigenvalue weighted by atomic mass is 9.46. The standard InChI is InChI=1S/C29H46O/c1-7-21(19(2)3)9-8-20(4)25-12-13-26-24-11-10-22-18-23(30)14-16-28(22,5)27(24)15-17-29(25,26)6/h8-9,18-21,24-27H,7,10-17H2,1-6H3/b9-8+/t20-,21-,24+,25+,26+,27+,28+,29-/m1/s1. The summed E-state index contributed by atoms with van der Waals surface area (Å²) in [5, 5.41) is 0. The van der Waals surface area contributed by atoms with E-state index < -0.39 is 0 Å². The summed E-state index contributed by atoms with van der Waals surface area (Å²) in [6.07, 6.45) is 18.5. The highest BCUT2D eigenvalue weighted by atomic mass is 16.1. The number of hydrogen-bond acceptors (Lipinski definition) is 1. The molecular formula is C29H46O. The lowest BCUT2D eigenvalue weighted by molar-refractivity contribution is -0.117. The number of allylic oxidation sites excluding steroid dienone is 3. The van der Waals surface area contributed by atoms with Gasteiger partial charge in [-0.2, -0.15) is 0 Å². The topological polar surface area (TPSA) is 17.1 Å². The van der Waals surface area contributed by atoms with Crippen molar-refractivity contribution in [3.8, 4) is 0 Å². The van der Waals surface area contributed by atoms with Crippen molar-refractivity contribution in [3.05, 3.63) is 23.8 Å². The number of rotatable bonds is 5. The summed E-state index contributed by atoms with van der Waals surface area (Å²) in [7, 11) is 0. The van der Waals surface area contributed by atoms with Crippen molar-refractivity contribution in [2.24, 2.45) is 52.3 Å². The van der Waals surface area contributed by atoms with Gasteiger partial charge in [-0.15, -0.1) is 0 Å². The minimum Gasteiger partial charge on any atom is -0.295 e. The highest BCUT2D eigenvalue weighted by molar-refractivity contribution is 5.91. The first kappa shape index (κ1) is 22.3. The summed E-state index contributed by atoms with van der Waals surface area (Å²) >= 11 is 0. The molecule has 0 unspecified atom stereocenters. The maximum Gasteiger partial charge on any atom is 0.155 e. The molecule has 0 aromatic carbocycles. The first-order chi connectivity index (χ1) is 14.2. The molecule has 0 radical (unpaired) electrons. The maximum atomic E-state index is 12.1. The zero-order valence-electron chi connectivity index (χ0n) is 20.5. The average Bonchev–Trinajstić information content (AvgIpc) is 3.06. The van der Waals surface area contributed by atoms with Gasteiger partial charge < -0.3 is 0 Å². The van der Waals surface area contributed by atoms with E-state index in [0.29, 0.717) is 22.5 Å². The van der Waals surface area contributed by atoms with Crippen LogP contribution >= 0.6 is 0 Å². The Morgan fingerprint density at radius 3 is 2.47 bits per heavy atom. The zero-order chi connectivity index (χ0) is 21.7. The Balaban J connectivity index is 1.52. The summed E-state index contributed by atoms with van der Waals surface area (Å²) in [4.78, 5) is 12.1. The van der Waals surface area contributed by atoms with Crippen molar-refractivity contribution >= 4 is 5.78 Å². The van der Waals surface area contributed by atoms with Crippen LogP contribution in [-0.2, 0) is 4.79 Å². The van der Waals surface area contributed by atoms with E-state index in [0.717, 1.165) is 48.3 Å². The second-order valence-corrected chi connectivity index (χ2v) is 12.3. The van der Waals surface area contributed by atoms with E-state index in [1.807, 2.05) is 0 Å². The predicted octanol–water partition coefficient (Wildman–Crippen LogP) is 8.01. The minimum atomic E-state index is 0.313. The Morgan fingerprint density at radius 2 is 1.77 bits per heavy atom. The third kappa shape index (κ3) is 3.57. The Hall–Kier alpha value is -0.850. The molecule has 0 aromatic heterocycles. The first-order valence-electron chi connectivity index (χ1n) is 13.1. The van der Waals surface area contributed by atoms with E-state index in [2.05, 4.69) is 59.8 Å². The Bertz CT molecular complexity index is 714. The third-order valence-corrected chi connectivity index (χ3v) is 10.7. The highest BCUT2D eigenvalue weighted by Crippen LogP contribution is 2.67. The number of fused-ring (bicyclic) bond motifs is 5. The fraction of sp³-hybridized carbons (Fsp3) is 0.828. The summed E-state index contributed by atoms with van der Waals surface area (Å²) in [6, 6.07) is 0. The van der Waals surface area contributed by atoms with E-state index in [9.17, 15) is 4.79 Å². The van der Waals surface area contributed by atoms with Crippen LogP contribution < -0.4 is 0 Å². The van der Waals surface area contributed by atoms with Gasteiger partial charge >= 0.3 is 0 Å². The molecule has 4 rings (SSSR count). The molecular weight excluding hydrogens is 364 g/mol. The lowest BCUT2D eigenvalue weighted by Crippen LogP contribution is -2.50. The van der Waals surface area contributed by atoms with Gasteiger partial charge in [-0.3, -0.25) is 4.79 Å². The summed E-state index contributed by atoms with van der Waals surface area (Å²) in [5.41, 5.74) is 2.34. The van der Waals surface area contributed by atoms with Crippen molar-refractivity contribution in [1.82, 2.24) is 0 Å². The summed E-state index contributed by atoms with van der Waals surface area (Å²) < 4.78 is 0. The molecule has 0 aliphatic heterocycles. The normalized spacial score (nSPS) is 43.2. The smallest absolute Gasteiger partial charge is 0.155 e. The molecule has 0 aromatic rings. The van der Waals surface area contributed by atoms with Crippen molar-refractivity contribution in [2.45, 2.75) is 99.3 Å². The van der Waals surface area contributed by atoms with Crippen LogP contribution in [0.1, 0.15) is 99.3 Å². The van der Waals surface area contributed by atoms with Crippen LogP contribution in [0.5, 0.6) is 0 Å². The molecule has 1 heteroatoms. The molecule has 4 aliphatic rings. The van der Waals surface area contributed by atoms with Crippen molar-refractivity contribution in [3.63, 3.8) is 0 Å². The monoisotopic (exact) mass is 410 g/mol. The SMILES string of the molecule is CC[C@H](/C=C/[C@@H](C)[C@@H]1CC[C@H]2[C@@H]3CCC4=CC(=O)CC[C@]4(C)[C@H]3CC[C@@]21C)C(C)C. The van der Waals surface area contributed by atoms with E-state index in [1.54, 1.807) is 0 Å². The zero-order valence-corrected chi connectivity index (χ0v) is 20.5. The molecule has 4 aliphatic carbocycles. The van der Waals surface area contributed by atoms with Gasteiger partial charge in [-0.05, 0) is 110 Å². The number of carbonyl (C=O) groups excluding carboxylic acids is 1. The molecule has 1 nitrogen and oxygen atoms in total. The number of hydrogen-bond donors (Lipinski definition) is 0. The number of carbonyl (C=O) groups is 1. The second-order valence-electron chi connectivity index (χ2n) is 12.3. The Morgan fingerprint density at radius 1 is 1.00 bits per heavy atom. The molecule has 0 spiro atoms. The van der Waals surface area contributed by atoms with Crippen LogP contribution in [0.15, 0.2) is 23.8 Å². The van der Waals surface area contributed by atoms with E-state index in [1.165, 1.54) is 50.5 Å². The van der Waals surface area contributed by atoms with Crippen LogP contribution in [0.2, 0.25) is 0 Å². The maximum absolute atomic E-state index is 12.1. The average molecular weight is 411 g/mol. The first-order valence-corrected chi connectivity index (χ1v) is 13.1. The third-order valence-electron chi connectivity index (χ3n) is 10.7. The molecule has 0 N–H and O–H groups in total. The van der Waals surface area contributed by atoms with Crippen LogP contribution in [0.3, 0.4) is 0 Å². The molecule has 168 valence electrons. The van der Waals surface area contributed by atoms with Crippen molar-refractivity contribution < 1.29 is 4.79 Å². The van der Waals surface area contributed by atoms with Gasteiger partial charge in [-0.25, -0.2) is 0 Å². The molecule has 0 amide bonds.